The molecule has 1 saturated heterocycles. The molecule has 282 valence electrons. The summed E-state index contributed by atoms with van der Waals surface area (Å²) in [4.78, 5) is 28.0. The van der Waals surface area contributed by atoms with Gasteiger partial charge in [0.1, 0.15) is 23.9 Å². The van der Waals surface area contributed by atoms with E-state index >= 15 is 0 Å². The molecule has 2 aliphatic heterocycles. The van der Waals surface area contributed by atoms with Crippen molar-refractivity contribution in [3.63, 3.8) is 0 Å². The Kier molecular flexibility index (Phi) is 13.9. The van der Waals surface area contributed by atoms with Crippen LogP contribution in [0.1, 0.15) is 79.7 Å². The molecule has 0 spiro atoms. The third kappa shape index (κ3) is 10.8. The van der Waals surface area contributed by atoms with Crippen LogP contribution in [0.25, 0.3) is 10.9 Å². The Morgan fingerprint density at radius 1 is 1.24 bits per heavy atom. The standard InChI is InChI=1S/C40H58N2O9/c1-9-32(48-8)26(4)36-37(51-36)38(42-23-28-13-14-31-29(21-28)17-20-41-31)40(7,47)18-10-11-24(2)35-25(3)12-15-33(49-27(5)43)39(6,46)19-16-30(44)22-34(45)50-35/h10-15,17-18,20-21,25-26,30,32-33,35-38,41-42,44,46-47H,9,16,19,22-23H2,1-8H3/b15-12+,18-10+,24-11+/t25-,26+,30+,32-,33-,35?,36+,37-,38?,39+,40?/m0/s1. The number of carbonyl (C=O) groups is 2. The largest absolute Gasteiger partial charge is 0.457 e. The molecule has 0 amide bonds. The van der Waals surface area contributed by atoms with Crippen LogP contribution in [-0.4, -0.2) is 93.2 Å². The Labute approximate surface area is 302 Å². The van der Waals surface area contributed by atoms with E-state index < -0.39 is 47.5 Å². The quantitative estimate of drug-likeness (QED) is 0.0824. The van der Waals surface area contributed by atoms with Gasteiger partial charge in [0.05, 0.1) is 36.4 Å². The van der Waals surface area contributed by atoms with Crippen molar-refractivity contribution in [3.8, 4) is 0 Å². The smallest absolute Gasteiger partial charge is 0.309 e. The zero-order valence-electron chi connectivity index (χ0n) is 31.3. The van der Waals surface area contributed by atoms with Crippen LogP contribution in [0.3, 0.4) is 0 Å². The molecule has 0 aliphatic carbocycles. The van der Waals surface area contributed by atoms with Crippen molar-refractivity contribution < 1.29 is 43.9 Å². The number of H-pyrrole nitrogens is 1. The van der Waals surface area contributed by atoms with Crippen LogP contribution in [0.5, 0.6) is 0 Å². The van der Waals surface area contributed by atoms with Gasteiger partial charge in [-0.2, -0.15) is 0 Å². The fourth-order valence-electron chi connectivity index (χ4n) is 7.11. The number of allylic oxidation sites excluding steroid dienone is 2. The number of hydrogen-bond acceptors (Lipinski definition) is 10. The van der Waals surface area contributed by atoms with Gasteiger partial charge in [-0.25, -0.2) is 0 Å². The zero-order chi connectivity index (χ0) is 37.5. The minimum atomic E-state index is -1.46. The second-order valence-electron chi connectivity index (χ2n) is 14.8. The number of epoxide rings is 1. The van der Waals surface area contributed by atoms with E-state index in [1.54, 1.807) is 51.3 Å². The van der Waals surface area contributed by atoms with Gasteiger partial charge < -0.3 is 44.6 Å². The maximum Gasteiger partial charge on any atom is 0.309 e. The number of aliphatic hydroxyl groups is 3. The van der Waals surface area contributed by atoms with E-state index in [0.717, 1.165) is 22.9 Å². The Balaban J connectivity index is 1.57. The van der Waals surface area contributed by atoms with Gasteiger partial charge in [0.25, 0.3) is 0 Å². The van der Waals surface area contributed by atoms with Crippen molar-refractivity contribution in [2.24, 2.45) is 11.8 Å². The number of benzene rings is 1. The Hall–Kier alpha value is -3.32. The predicted octanol–water partition coefficient (Wildman–Crippen LogP) is 5.04. The first-order valence-electron chi connectivity index (χ1n) is 18.1. The van der Waals surface area contributed by atoms with Gasteiger partial charge in [-0.3, -0.25) is 9.59 Å². The molecule has 2 aliphatic rings. The highest BCUT2D eigenvalue weighted by Crippen LogP contribution is 2.39. The summed E-state index contributed by atoms with van der Waals surface area (Å²) in [5.74, 6) is -1.37. The number of methoxy groups -OCH3 is 1. The molecule has 4 rings (SSSR count). The van der Waals surface area contributed by atoms with Gasteiger partial charge in [0.2, 0.25) is 0 Å². The van der Waals surface area contributed by atoms with Crippen molar-refractivity contribution in [1.82, 2.24) is 10.3 Å². The predicted molar refractivity (Wildman–Crippen MR) is 196 cm³/mol. The molecule has 3 unspecified atom stereocenters. The zero-order valence-corrected chi connectivity index (χ0v) is 31.3. The van der Waals surface area contributed by atoms with Crippen molar-refractivity contribution in [3.05, 3.63) is 72.0 Å². The molecule has 11 nitrogen and oxygen atoms in total. The third-order valence-corrected chi connectivity index (χ3v) is 10.3. The number of rotatable bonds is 13. The summed E-state index contributed by atoms with van der Waals surface area (Å²) in [5, 5.41) is 38.3. The van der Waals surface area contributed by atoms with E-state index in [0.29, 0.717) is 12.1 Å². The van der Waals surface area contributed by atoms with Gasteiger partial charge >= 0.3 is 11.9 Å². The monoisotopic (exact) mass is 710 g/mol. The number of esters is 2. The van der Waals surface area contributed by atoms with E-state index in [1.165, 1.54) is 6.92 Å². The van der Waals surface area contributed by atoms with Crippen molar-refractivity contribution >= 4 is 22.8 Å². The van der Waals surface area contributed by atoms with Crippen LogP contribution < -0.4 is 5.32 Å². The Morgan fingerprint density at radius 3 is 2.67 bits per heavy atom. The second-order valence-corrected chi connectivity index (χ2v) is 14.8. The van der Waals surface area contributed by atoms with Crippen LogP contribution in [0, 0.1) is 11.8 Å². The molecule has 1 aromatic carbocycles. The van der Waals surface area contributed by atoms with Crippen LogP contribution >= 0.6 is 0 Å². The molecule has 0 saturated carbocycles. The average molecular weight is 711 g/mol. The molecule has 1 fully saturated rings. The molecule has 11 heteroatoms. The van der Waals surface area contributed by atoms with E-state index in [9.17, 15) is 24.9 Å². The number of ether oxygens (including phenoxy) is 4. The molecule has 0 bridgehead atoms. The van der Waals surface area contributed by atoms with E-state index in [2.05, 4.69) is 36.3 Å². The topological polar surface area (TPSA) is 163 Å². The highest BCUT2D eigenvalue weighted by molar-refractivity contribution is 5.79. The molecule has 51 heavy (non-hydrogen) atoms. The number of carbonyl (C=O) groups excluding carboxylic acids is 2. The second kappa shape index (κ2) is 17.5. The lowest BCUT2D eigenvalue weighted by atomic mass is 9.87. The number of nitrogens with one attached hydrogen (secondary N) is 2. The molecule has 2 aromatic rings. The normalized spacial score (nSPS) is 31.5. The summed E-state index contributed by atoms with van der Waals surface area (Å²) in [6, 6.07) is 7.79. The van der Waals surface area contributed by atoms with Crippen LogP contribution in [0.2, 0.25) is 0 Å². The number of cyclic esters (lactones) is 1. The summed E-state index contributed by atoms with van der Waals surface area (Å²) in [5.41, 5.74) is 0.0267. The van der Waals surface area contributed by atoms with Gasteiger partial charge in [-0.1, -0.05) is 51.1 Å². The van der Waals surface area contributed by atoms with Crippen LogP contribution in [0.4, 0.5) is 0 Å². The highest BCUT2D eigenvalue weighted by Gasteiger charge is 2.54. The van der Waals surface area contributed by atoms with Crippen LogP contribution in [-0.2, 0) is 35.1 Å². The highest BCUT2D eigenvalue weighted by atomic mass is 16.6. The third-order valence-electron chi connectivity index (χ3n) is 10.3. The summed E-state index contributed by atoms with van der Waals surface area (Å²) in [7, 11) is 1.71. The molecule has 11 atom stereocenters. The first kappa shape index (κ1) is 40.5. The SMILES string of the molecule is CC[C@H](OC)[C@@H](C)[C@H]1O[C@@H]1C(NCc1ccc2[nH]ccc2c1)C(C)(O)/C=C/C=C(\C)C1OC(=O)C[C@H](O)CC[C@@](C)(O)[C@@H](OC(C)=O)/C=C/[C@@H]1C. The lowest BCUT2D eigenvalue weighted by molar-refractivity contribution is -0.157. The first-order valence-corrected chi connectivity index (χ1v) is 18.1. The van der Waals surface area contributed by atoms with E-state index in [-0.39, 0.29) is 49.4 Å². The van der Waals surface area contributed by atoms with Gasteiger partial charge in [0, 0.05) is 44.1 Å². The molecular formula is C40H58N2O9. The van der Waals surface area contributed by atoms with Crippen molar-refractivity contribution in [1.29, 1.82) is 0 Å². The summed E-state index contributed by atoms with van der Waals surface area (Å²) in [6.45, 7) is 13.0. The Bertz CT molecular complexity index is 1560. The Morgan fingerprint density at radius 2 is 1.98 bits per heavy atom. The summed E-state index contributed by atoms with van der Waals surface area (Å²) < 4.78 is 23.3. The maximum absolute atomic E-state index is 12.9. The number of aliphatic hydroxyl groups excluding tert-OH is 1. The lowest BCUT2D eigenvalue weighted by Crippen LogP contribution is -2.52. The van der Waals surface area contributed by atoms with Crippen LogP contribution in [0.15, 0.2) is 66.4 Å². The number of hydrogen-bond donors (Lipinski definition) is 5. The van der Waals surface area contributed by atoms with Crippen molar-refractivity contribution in [2.45, 2.75) is 135 Å². The average Bonchev–Trinajstić information content (AvgIpc) is 3.70. The van der Waals surface area contributed by atoms with Gasteiger partial charge in [-0.05, 0) is 80.8 Å². The van der Waals surface area contributed by atoms with Gasteiger partial charge in [0.15, 0.2) is 0 Å². The van der Waals surface area contributed by atoms with Gasteiger partial charge in [-0.15, -0.1) is 0 Å². The molecular weight excluding hydrogens is 652 g/mol. The fraction of sp³-hybridized carbons (Fsp3) is 0.600. The number of aromatic nitrogens is 1. The maximum atomic E-state index is 12.9. The lowest BCUT2D eigenvalue weighted by Gasteiger charge is -2.32. The van der Waals surface area contributed by atoms with E-state index in [1.807, 2.05) is 32.2 Å². The molecule has 1 aromatic heterocycles. The summed E-state index contributed by atoms with van der Waals surface area (Å²) >= 11 is 0. The summed E-state index contributed by atoms with van der Waals surface area (Å²) in [6.07, 6.45) is 8.34. The molecule has 5 N–H and O–H groups in total. The molecule has 0 radical (unpaired) electrons. The minimum Gasteiger partial charge on any atom is -0.457 e. The van der Waals surface area contributed by atoms with E-state index in [4.69, 9.17) is 18.9 Å². The number of fused-ring (bicyclic) bond motifs is 1. The first-order chi connectivity index (χ1) is 24.1. The number of aromatic amines is 1. The minimum absolute atomic E-state index is 0.0314. The molecule has 3 heterocycles. The van der Waals surface area contributed by atoms with Crippen molar-refractivity contribution in [2.75, 3.05) is 7.11 Å². The fourth-order valence-corrected chi connectivity index (χ4v) is 7.11.